The van der Waals surface area contributed by atoms with Crippen LogP contribution in [0.2, 0.25) is 0 Å². The van der Waals surface area contributed by atoms with E-state index in [1.165, 1.54) is 109 Å². The van der Waals surface area contributed by atoms with Crippen LogP contribution in [0.15, 0.2) is 182 Å². The molecule has 0 aliphatic heterocycles. The molecule has 11 rings (SSSR count). The molecular weight excluding hydrogens is 637 g/mol. The van der Waals surface area contributed by atoms with Gasteiger partial charge in [-0.3, -0.25) is 0 Å². The fraction of sp³-hybridized carbons (Fsp3) is 0.0566. The summed E-state index contributed by atoms with van der Waals surface area (Å²) in [5, 5.41) is 13.0. The highest BCUT2D eigenvalue weighted by Gasteiger charge is 2.36. The van der Waals surface area contributed by atoms with Crippen molar-refractivity contribution in [2.45, 2.75) is 19.3 Å². The van der Waals surface area contributed by atoms with Crippen molar-refractivity contribution in [3.8, 4) is 44.5 Å². The molecule has 0 saturated carbocycles. The van der Waals surface area contributed by atoms with Crippen LogP contribution in [0, 0.1) is 0 Å². The van der Waals surface area contributed by atoms with Crippen LogP contribution in [0.1, 0.15) is 25.0 Å². The van der Waals surface area contributed by atoms with Crippen molar-refractivity contribution < 1.29 is 0 Å². The first kappa shape index (κ1) is 30.2. The number of hydrogen-bond acceptors (Lipinski definition) is 0. The Hall–Kier alpha value is -6.50. The summed E-state index contributed by atoms with van der Waals surface area (Å²) in [6, 6.07) is 67.9. The summed E-state index contributed by atoms with van der Waals surface area (Å²) in [6.07, 6.45) is 0. The lowest BCUT2D eigenvalue weighted by Crippen LogP contribution is -2.15. The molecule has 1 aliphatic rings. The van der Waals surface area contributed by atoms with E-state index < -0.39 is 0 Å². The van der Waals surface area contributed by atoms with Crippen LogP contribution in [0.3, 0.4) is 0 Å². The monoisotopic (exact) mass is 672 g/mol. The maximum atomic E-state index is 2.47. The van der Waals surface area contributed by atoms with E-state index in [1.54, 1.807) is 0 Å². The zero-order chi connectivity index (χ0) is 35.3. The lowest BCUT2D eigenvalue weighted by atomic mass is 9.80. The normalized spacial score (nSPS) is 13.2. The first-order valence-corrected chi connectivity index (χ1v) is 18.7. The van der Waals surface area contributed by atoms with Crippen LogP contribution in [-0.4, -0.2) is 0 Å². The van der Waals surface area contributed by atoms with Crippen molar-refractivity contribution in [2.24, 2.45) is 0 Å². The van der Waals surface area contributed by atoms with Gasteiger partial charge in [0.1, 0.15) is 0 Å². The summed E-state index contributed by atoms with van der Waals surface area (Å²) in [7, 11) is 0. The molecule has 0 heteroatoms. The highest BCUT2D eigenvalue weighted by Crippen LogP contribution is 2.51. The number of hydrogen-bond donors (Lipinski definition) is 0. The minimum atomic E-state index is -0.113. The van der Waals surface area contributed by atoms with E-state index in [9.17, 15) is 0 Å². The van der Waals surface area contributed by atoms with Gasteiger partial charge in [0.15, 0.2) is 0 Å². The average Bonchev–Trinajstić information content (AvgIpc) is 3.45. The second-order valence-corrected chi connectivity index (χ2v) is 15.2. The molecule has 0 radical (unpaired) electrons. The van der Waals surface area contributed by atoms with Crippen molar-refractivity contribution in [1.82, 2.24) is 0 Å². The van der Waals surface area contributed by atoms with Crippen LogP contribution < -0.4 is 0 Å². The van der Waals surface area contributed by atoms with Gasteiger partial charge in [0.2, 0.25) is 0 Å². The smallest absolute Gasteiger partial charge is 0.0159 e. The Kier molecular flexibility index (Phi) is 6.40. The van der Waals surface area contributed by atoms with Gasteiger partial charge in [0.25, 0.3) is 0 Å². The first-order chi connectivity index (χ1) is 26.1. The highest BCUT2D eigenvalue weighted by atomic mass is 14.4. The molecule has 0 nitrogen and oxygen atoms in total. The molecule has 1 aliphatic carbocycles. The van der Waals surface area contributed by atoms with Gasteiger partial charge in [-0.25, -0.2) is 0 Å². The van der Waals surface area contributed by atoms with Crippen LogP contribution in [-0.2, 0) is 5.41 Å². The molecule has 0 atom stereocenters. The fourth-order valence-electron chi connectivity index (χ4n) is 9.50. The molecule has 0 amide bonds. The molecule has 0 bridgehead atoms. The molecule has 248 valence electrons. The molecule has 10 aromatic rings. The molecule has 0 aromatic heterocycles. The third kappa shape index (κ3) is 4.36. The predicted octanol–water partition coefficient (Wildman–Crippen LogP) is 14.8. The summed E-state index contributed by atoms with van der Waals surface area (Å²) in [5.74, 6) is 0. The van der Waals surface area contributed by atoms with E-state index in [1.807, 2.05) is 0 Å². The standard InChI is InChI=1S/C53H36/c1-53(2)50-30-34(33-14-4-3-5-15-33)26-28-44(50)45-29-27-35(31-51(45)53)36-22-12-24-39-37(36)23-13-25-41(39)48-32-49-42-18-7-6-16-38(42)40-17-8-10-20-46(40)52(49)47-21-11-9-19-43(47)48/h3-32H,1-2H3. The van der Waals surface area contributed by atoms with Crippen molar-refractivity contribution >= 4 is 53.9 Å². The van der Waals surface area contributed by atoms with Gasteiger partial charge in [0.05, 0.1) is 0 Å². The second kappa shape index (κ2) is 11.2. The maximum absolute atomic E-state index is 2.47. The minimum Gasteiger partial charge on any atom is -0.0622 e. The molecular formula is C53H36. The molecule has 53 heavy (non-hydrogen) atoms. The number of fused-ring (bicyclic) bond motifs is 12. The molecule has 10 aromatic carbocycles. The maximum Gasteiger partial charge on any atom is 0.0159 e. The van der Waals surface area contributed by atoms with E-state index in [-0.39, 0.29) is 5.41 Å². The lowest BCUT2D eigenvalue weighted by Gasteiger charge is -2.23. The zero-order valence-electron chi connectivity index (χ0n) is 29.8. The zero-order valence-corrected chi connectivity index (χ0v) is 29.8. The third-order valence-electron chi connectivity index (χ3n) is 12.1. The third-order valence-corrected chi connectivity index (χ3v) is 12.1. The van der Waals surface area contributed by atoms with E-state index in [4.69, 9.17) is 0 Å². The van der Waals surface area contributed by atoms with Gasteiger partial charge in [0, 0.05) is 5.41 Å². The molecule has 0 saturated heterocycles. The van der Waals surface area contributed by atoms with Crippen molar-refractivity contribution in [3.63, 3.8) is 0 Å². The molecule has 0 heterocycles. The number of rotatable bonds is 3. The Morgan fingerprint density at radius 1 is 0.264 bits per heavy atom. The Morgan fingerprint density at radius 2 is 0.717 bits per heavy atom. The first-order valence-electron chi connectivity index (χ1n) is 18.7. The Balaban J connectivity index is 1.11. The summed E-state index contributed by atoms with van der Waals surface area (Å²) in [6.45, 7) is 4.77. The van der Waals surface area contributed by atoms with Gasteiger partial charge in [-0.2, -0.15) is 0 Å². The Labute approximate surface area is 309 Å². The van der Waals surface area contributed by atoms with E-state index in [2.05, 4.69) is 196 Å². The summed E-state index contributed by atoms with van der Waals surface area (Å²) < 4.78 is 0. The predicted molar refractivity (Wildman–Crippen MR) is 228 cm³/mol. The van der Waals surface area contributed by atoms with Crippen molar-refractivity contribution in [3.05, 3.63) is 193 Å². The molecule has 0 N–H and O–H groups in total. The quantitative estimate of drug-likeness (QED) is 0.164. The minimum absolute atomic E-state index is 0.113. The summed E-state index contributed by atoms with van der Waals surface area (Å²) >= 11 is 0. The average molecular weight is 673 g/mol. The molecule has 0 unspecified atom stereocenters. The Morgan fingerprint density at radius 3 is 1.40 bits per heavy atom. The SMILES string of the molecule is CC1(C)c2cc(-c3ccccc3)ccc2-c2ccc(-c3cccc4c(-c5cc6c7ccccc7c7ccccc7c6c6ccccc56)cccc34)cc21. The van der Waals surface area contributed by atoms with Crippen LogP contribution in [0.25, 0.3) is 98.4 Å². The van der Waals surface area contributed by atoms with Crippen LogP contribution >= 0.6 is 0 Å². The van der Waals surface area contributed by atoms with Crippen LogP contribution in [0.5, 0.6) is 0 Å². The van der Waals surface area contributed by atoms with Gasteiger partial charge >= 0.3 is 0 Å². The molecule has 0 fully saturated rings. The van der Waals surface area contributed by atoms with E-state index in [0.29, 0.717) is 0 Å². The van der Waals surface area contributed by atoms with Crippen molar-refractivity contribution in [2.75, 3.05) is 0 Å². The van der Waals surface area contributed by atoms with Gasteiger partial charge in [-0.05, 0) is 128 Å². The molecule has 0 spiro atoms. The van der Waals surface area contributed by atoms with Gasteiger partial charge in [-0.15, -0.1) is 0 Å². The lowest BCUT2D eigenvalue weighted by molar-refractivity contribution is 0.661. The second-order valence-electron chi connectivity index (χ2n) is 15.2. The largest absolute Gasteiger partial charge is 0.0622 e. The topological polar surface area (TPSA) is 0 Å². The summed E-state index contributed by atoms with van der Waals surface area (Å²) in [4.78, 5) is 0. The van der Waals surface area contributed by atoms with E-state index >= 15 is 0 Å². The number of benzene rings is 10. The van der Waals surface area contributed by atoms with Crippen molar-refractivity contribution in [1.29, 1.82) is 0 Å². The Bertz CT molecular complexity index is 3120. The van der Waals surface area contributed by atoms with Gasteiger partial charge in [-0.1, -0.05) is 178 Å². The highest BCUT2D eigenvalue weighted by molar-refractivity contribution is 6.33. The fourth-order valence-corrected chi connectivity index (χ4v) is 9.50. The summed E-state index contributed by atoms with van der Waals surface area (Å²) in [5.41, 5.74) is 13.0. The van der Waals surface area contributed by atoms with Gasteiger partial charge < -0.3 is 0 Å². The van der Waals surface area contributed by atoms with Crippen LogP contribution in [0.4, 0.5) is 0 Å². The van der Waals surface area contributed by atoms with E-state index in [0.717, 1.165) is 0 Å².